The van der Waals surface area contributed by atoms with Gasteiger partial charge in [-0.2, -0.15) is 0 Å². The molecular formula is C20H32N4. The summed E-state index contributed by atoms with van der Waals surface area (Å²) < 4.78 is 0. The van der Waals surface area contributed by atoms with Crippen LogP contribution in [0.3, 0.4) is 0 Å². The second-order valence-electron chi connectivity index (χ2n) is 7.85. The largest absolute Gasteiger partial charge is 0.370 e. The monoisotopic (exact) mass is 328 g/mol. The summed E-state index contributed by atoms with van der Waals surface area (Å²) in [5.41, 5.74) is 1.34. The Labute approximate surface area is 146 Å². The topological polar surface area (TPSA) is 22.6 Å². The van der Waals surface area contributed by atoms with E-state index in [0.29, 0.717) is 0 Å². The van der Waals surface area contributed by atoms with Crippen LogP contribution in [0.4, 0.5) is 5.69 Å². The lowest BCUT2D eigenvalue weighted by Crippen LogP contribution is -2.51. The summed E-state index contributed by atoms with van der Waals surface area (Å²) >= 11 is 0. The van der Waals surface area contributed by atoms with Gasteiger partial charge in [-0.05, 0) is 69.8 Å². The number of piperidine rings is 2. The number of anilines is 1. The highest BCUT2D eigenvalue weighted by atomic mass is 15.2. The van der Waals surface area contributed by atoms with Gasteiger partial charge in [0.25, 0.3) is 0 Å². The van der Waals surface area contributed by atoms with E-state index >= 15 is 0 Å². The van der Waals surface area contributed by atoms with Gasteiger partial charge in [-0.25, -0.2) is 0 Å². The number of fused-ring (bicyclic) bond motifs is 1. The molecule has 0 unspecified atom stereocenters. The Bertz CT molecular complexity index is 504. The molecule has 0 aromatic carbocycles. The second kappa shape index (κ2) is 7.83. The van der Waals surface area contributed by atoms with Crippen LogP contribution in [0.15, 0.2) is 24.5 Å². The molecule has 0 N–H and O–H groups in total. The minimum Gasteiger partial charge on any atom is -0.370 e. The normalized spacial score (nSPS) is 29.9. The number of hydrogen-bond donors (Lipinski definition) is 0. The molecule has 3 aliphatic heterocycles. The van der Waals surface area contributed by atoms with Crippen molar-refractivity contribution in [2.45, 2.75) is 44.6 Å². The van der Waals surface area contributed by atoms with Gasteiger partial charge < -0.3 is 14.7 Å². The van der Waals surface area contributed by atoms with Crippen LogP contribution < -0.4 is 4.90 Å². The number of nitrogens with zero attached hydrogens (tertiary/aromatic N) is 4. The van der Waals surface area contributed by atoms with Crippen LogP contribution in [-0.4, -0.2) is 66.6 Å². The Hall–Kier alpha value is -1.13. The quantitative estimate of drug-likeness (QED) is 0.851. The zero-order valence-corrected chi connectivity index (χ0v) is 14.9. The summed E-state index contributed by atoms with van der Waals surface area (Å²) in [6.45, 7) is 8.86. The van der Waals surface area contributed by atoms with E-state index in [1.807, 2.05) is 12.4 Å². The summed E-state index contributed by atoms with van der Waals surface area (Å²) in [5, 5.41) is 0. The molecule has 132 valence electrons. The fourth-order valence-electron chi connectivity index (χ4n) is 5.09. The first-order valence-corrected chi connectivity index (χ1v) is 10.0. The third kappa shape index (κ3) is 3.75. The van der Waals surface area contributed by atoms with E-state index < -0.39 is 0 Å². The third-order valence-electron chi connectivity index (χ3n) is 6.34. The van der Waals surface area contributed by atoms with E-state index in [2.05, 4.69) is 31.8 Å². The Morgan fingerprint density at radius 1 is 0.833 bits per heavy atom. The molecule has 1 aromatic heterocycles. The summed E-state index contributed by atoms with van der Waals surface area (Å²) in [6, 6.07) is 5.18. The minimum atomic E-state index is 0.882. The Morgan fingerprint density at radius 2 is 1.71 bits per heavy atom. The molecule has 4 rings (SSSR count). The van der Waals surface area contributed by atoms with Gasteiger partial charge in [0.2, 0.25) is 0 Å². The van der Waals surface area contributed by atoms with Crippen LogP contribution in [0, 0.1) is 5.92 Å². The highest BCUT2D eigenvalue weighted by Crippen LogP contribution is 2.31. The van der Waals surface area contributed by atoms with Gasteiger partial charge in [-0.1, -0.05) is 6.42 Å². The van der Waals surface area contributed by atoms with Gasteiger partial charge in [0.1, 0.15) is 0 Å². The standard InChI is InChI=1S/C20H32N4/c1-2-12-24-13-3-5-18(20(24)6-1)17-22-11-4-14-23(16-15-22)19-7-9-21-10-8-19/h7-10,18,20H,1-6,11-17H2/t18-,20+/m0/s1. The molecule has 0 radical (unpaired) electrons. The van der Waals surface area contributed by atoms with Crippen LogP contribution in [0.1, 0.15) is 38.5 Å². The van der Waals surface area contributed by atoms with Crippen molar-refractivity contribution < 1.29 is 0 Å². The van der Waals surface area contributed by atoms with Crippen LogP contribution in [0.2, 0.25) is 0 Å². The van der Waals surface area contributed by atoms with Crippen molar-refractivity contribution in [1.29, 1.82) is 0 Å². The van der Waals surface area contributed by atoms with Crippen LogP contribution in [-0.2, 0) is 0 Å². The van der Waals surface area contributed by atoms with Gasteiger partial charge in [0, 0.05) is 50.3 Å². The Balaban J connectivity index is 1.34. The molecule has 1 aromatic rings. The number of rotatable bonds is 3. The highest BCUT2D eigenvalue weighted by Gasteiger charge is 2.34. The van der Waals surface area contributed by atoms with Gasteiger partial charge in [-0.3, -0.25) is 4.98 Å². The van der Waals surface area contributed by atoms with Crippen molar-refractivity contribution in [2.24, 2.45) is 5.92 Å². The molecule has 0 amide bonds. The highest BCUT2D eigenvalue weighted by molar-refractivity contribution is 5.44. The first kappa shape index (κ1) is 16.3. The van der Waals surface area contributed by atoms with Crippen LogP contribution >= 0.6 is 0 Å². The number of pyridine rings is 1. The van der Waals surface area contributed by atoms with Gasteiger partial charge in [0.15, 0.2) is 0 Å². The summed E-state index contributed by atoms with van der Waals surface area (Å²) in [5.74, 6) is 0.909. The second-order valence-corrected chi connectivity index (χ2v) is 7.85. The SMILES string of the molecule is c1cc(N2CCCN(C[C@@H]3CCCN4CCCC[C@H]34)CC2)ccn1. The molecule has 3 saturated heterocycles. The minimum absolute atomic E-state index is 0.882. The Morgan fingerprint density at radius 3 is 2.62 bits per heavy atom. The third-order valence-corrected chi connectivity index (χ3v) is 6.34. The van der Waals surface area contributed by atoms with Crippen molar-refractivity contribution in [1.82, 2.24) is 14.8 Å². The molecule has 2 atom stereocenters. The van der Waals surface area contributed by atoms with Gasteiger partial charge in [0.05, 0.1) is 0 Å². The zero-order valence-electron chi connectivity index (χ0n) is 14.9. The summed E-state index contributed by atoms with van der Waals surface area (Å²) in [7, 11) is 0. The molecule has 4 nitrogen and oxygen atoms in total. The lowest BCUT2D eigenvalue weighted by Gasteiger charge is -2.45. The smallest absolute Gasteiger partial charge is 0.0397 e. The average molecular weight is 329 g/mol. The molecule has 24 heavy (non-hydrogen) atoms. The van der Waals surface area contributed by atoms with Crippen molar-refractivity contribution in [2.75, 3.05) is 50.7 Å². The summed E-state index contributed by atoms with van der Waals surface area (Å²) in [4.78, 5) is 12.2. The summed E-state index contributed by atoms with van der Waals surface area (Å²) in [6.07, 6.45) is 12.3. The van der Waals surface area contributed by atoms with Crippen LogP contribution in [0.5, 0.6) is 0 Å². The maximum Gasteiger partial charge on any atom is 0.0397 e. The van der Waals surface area contributed by atoms with Crippen molar-refractivity contribution >= 4 is 5.69 Å². The number of aromatic nitrogens is 1. The lowest BCUT2D eigenvalue weighted by molar-refractivity contribution is 0.0415. The molecule has 0 aliphatic carbocycles. The zero-order chi connectivity index (χ0) is 16.2. The van der Waals surface area contributed by atoms with Crippen molar-refractivity contribution in [3.8, 4) is 0 Å². The van der Waals surface area contributed by atoms with E-state index in [0.717, 1.165) is 18.5 Å². The molecule has 0 spiro atoms. The molecule has 3 aliphatic rings. The van der Waals surface area contributed by atoms with E-state index in [1.165, 1.54) is 83.5 Å². The molecular weight excluding hydrogens is 296 g/mol. The van der Waals surface area contributed by atoms with Crippen molar-refractivity contribution in [3.63, 3.8) is 0 Å². The fourth-order valence-corrected chi connectivity index (χ4v) is 5.09. The first-order chi connectivity index (χ1) is 11.9. The van der Waals surface area contributed by atoms with E-state index in [-0.39, 0.29) is 0 Å². The molecule has 3 fully saturated rings. The van der Waals surface area contributed by atoms with E-state index in [9.17, 15) is 0 Å². The van der Waals surface area contributed by atoms with Gasteiger partial charge >= 0.3 is 0 Å². The van der Waals surface area contributed by atoms with E-state index in [1.54, 1.807) is 0 Å². The molecule has 4 heteroatoms. The average Bonchev–Trinajstić information content (AvgIpc) is 2.88. The number of hydrogen-bond acceptors (Lipinski definition) is 4. The van der Waals surface area contributed by atoms with Gasteiger partial charge in [-0.15, -0.1) is 0 Å². The first-order valence-electron chi connectivity index (χ1n) is 10.0. The van der Waals surface area contributed by atoms with E-state index in [4.69, 9.17) is 0 Å². The van der Waals surface area contributed by atoms with Crippen molar-refractivity contribution in [3.05, 3.63) is 24.5 Å². The maximum atomic E-state index is 4.15. The predicted octanol–water partition coefficient (Wildman–Crippen LogP) is 2.86. The molecule has 4 heterocycles. The molecule has 0 saturated carbocycles. The molecule has 0 bridgehead atoms. The maximum absolute atomic E-state index is 4.15. The van der Waals surface area contributed by atoms with Crippen LogP contribution in [0.25, 0.3) is 0 Å². The Kier molecular flexibility index (Phi) is 5.34. The predicted molar refractivity (Wildman–Crippen MR) is 99.4 cm³/mol. The fraction of sp³-hybridized carbons (Fsp3) is 0.750. The lowest BCUT2D eigenvalue weighted by atomic mass is 9.83.